The lowest BCUT2D eigenvalue weighted by atomic mass is 10.2. The van der Waals surface area contributed by atoms with Crippen molar-refractivity contribution in [3.63, 3.8) is 0 Å². The number of rotatable bonds is 4. The second-order valence-electron chi connectivity index (χ2n) is 5.17. The minimum Gasteiger partial charge on any atom is -0.379 e. The molecule has 3 rings (SSSR count). The molecule has 3 nitrogen and oxygen atoms in total. The van der Waals surface area contributed by atoms with Gasteiger partial charge >= 0.3 is 0 Å². The first-order valence-corrected chi connectivity index (χ1v) is 7.06. The Morgan fingerprint density at radius 1 is 1.00 bits per heavy atom. The number of morpholine rings is 1. The van der Waals surface area contributed by atoms with E-state index in [-0.39, 0.29) is 0 Å². The summed E-state index contributed by atoms with van der Waals surface area (Å²) >= 11 is 0. The smallest absolute Gasteiger partial charge is 0.0594 e. The van der Waals surface area contributed by atoms with Crippen molar-refractivity contribution < 1.29 is 4.74 Å². The maximum absolute atomic E-state index is 5.37. The lowest BCUT2D eigenvalue weighted by Crippen LogP contribution is -2.38. The van der Waals surface area contributed by atoms with Crippen LogP contribution < -0.4 is 4.90 Å². The average Bonchev–Trinajstić information content (AvgIpc) is 2.84. The van der Waals surface area contributed by atoms with Crippen LogP contribution in [0.3, 0.4) is 0 Å². The van der Waals surface area contributed by atoms with Crippen molar-refractivity contribution in [3.05, 3.63) is 29.8 Å². The van der Waals surface area contributed by atoms with Crippen LogP contribution in [0.15, 0.2) is 24.3 Å². The van der Waals surface area contributed by atoms with Crippen LogP contribution in [-0.2, 0) is 11.2 Å². The lowest BCUT2D eigenvalue weighted by Gasteiger charge is -2.27. The van der Waals surface area contributed by atoms with Gasteiger partial charge in [-0.25, -0.2) is 0 Å². The number of hydrogen-bond acceptors (Lipinski definition) is 3. The molecule has 2 aliphatic rings. The molecule has 1 saturated heterocycles. The topological polar surface area (TPSA) is 15.7 Å². The van der Waals surface area contributed by atoms with E-state index in [0.29, 0.717) is 0 Å². The van der Waals surface area contributed by atoms with Gasteiger partial charge in [-0.1, -0.05) is 18.2 Å². The number of benzene rings is 1. The maximum Gasteiger partial charge on any atom is 0.0594 e. The summed E-state index contributed by atoms with van der Waals surface area (Å²) in [6, 6.07) is 8.82. The molecular formula is C15H22N2O. The highest BCUT2D eigenvalue weighted by atomic mass is 16.5. The quantitative estimate of drug-likeness (QED) is 0.805. The first-order chi connectivity index (χ1) is 8.93. The highest BCUT2D eigenvalue weighted by Crippen LogP contribution is 2.27. The van der Waals surface area contributed by atoms with Crippen molar-refractivity contribution >= 4 is 5.69 Å². The van der Waals surface area contributed by atoms with Crippen molar-refractivity contribution in [2.45, 2.75) is 12.8 Å². The van der Waals surface area contributed by atoms with Crippen molar-refractivity contribution in [1.82, 2.24) is 4.90 Å². The summed E-state index contributed by atoms with van der Waals surface area (Å²) in [5.74, 6) is 0. The van der Waals surface area contributed by atoms with E-state index in [1.807, 2.05) is 0 Å². The largest absolute Gasteiger partial charge is 0.379 e. The van der Waals surface area contributed by atoms with Crippen LogP contribution in [-0.4, -0.2) is 50.8 Å². The van der Waals surface area contributed by atoms with E-state index in [1.165, 1.54) is 43.7 Å². The molecule has 3 heteroatoms. The van der Waals surface area contributed by atoms with Crippen LogP contribution >= 0.6 is 0 Å². The molecule has 0 bridgehead atoms. The van der Waals surface area contributed by atoms with Gasteiger partial charge in [-0.05, 0) is 24.5 Å². The molecule has 0 unspecified atom stereocenters. The lowest BCUT2D eigenvalue weighted by molar-refractivity contribution is 0.0376. The highest BCUT2D eigenvalue weighted by molar-refractivity contribution is 5.57. The standard InChI is InChI=1S/C15H22N2O/c1-2-5-15-14(4-1)6-9-17(15)8-3-7-16-10-12-18-13-11-16/h1-2,4-5H,3,6-13H2. The highest BCUT2D eigenvalue weighted by Gasteiger charge is 2.18. The number of ether oxygens (including phenoxy) is 1. The van der Waals surface area contributed by atoms with E-state index in [2.05, 4.69) is 34.1 Å². The molecule has 0 aliphatic carbocycles. The number of hydrogen-bond donors (Lipinski definition) is 0. The van der Waals surface area contributed by atoms with E-state index in [4.69, 9.17) is 4.74 Å². The third-order valence-electron chi connectivity index (χ3n) is 3.99. The Kier molecular flexibility index (Phi) is 3.81. The number of anilines is 1. The van der Waals surface area contributed by atoms with E-state index < -0.39 is 0 Å². The molecule has 2 aliphatic heterocycles. The Hall–Kier alpha value is -1.06. The minimum atomic E-state index is 0.909. The van der Waals surface area contributed by atoms with Crippen molar-refractivity contribution in [2.24, 2.45) is 0 Å². The minimum absolute atomic E-state index is 0.909. The van der Waals surface area contributed by atoms with Gasteiger partial charge in [0, 0.05) is 38.4 Å². The molecule has 1 aromatic carbocycles. The molecule has 0 radical (unpaired) electrons. The second-order valence-corrected chi connectivity index (χ2v) is 5.17. The monoisotopic (exact) mass is 246 g/mol. The Labute approximate surface area is 109 Å². The molecule has 18 heavy (non-hydrogen) atoms. The van der Waals surface area contributed by atoms with Gasteiger partial charge in [-0.15, -0.1) is 0 Å². The van der Waals surface area contributed by atoms with Gasteiger partial charge in [0.25, 0.3) is 0 Å². The zero-order valence-corrected chi connectivity index (χ0v) is 11.0. The van der Waals surface area contributed by atoms with Crippen LogP contribution in [0, 0.1) is 0 Å². The van der Waals surface area contributed by atoms with E-state index >= 15 is 0 Å². The molecule has 0 saturated carbocycles. The zero-order chi connectivity index (χ0) is 12.2. The van der Waals surface area contributed by atoms with Gasteiger partial charge in [0.15, 0.2) is 0 Å². The summed E-state index contributed by atoms with van der Waals surface area (Å²) < 4.78 is 5.37. The van der Waals surface area contributed by atoms with E-state index in [0.717, 1.165) is 26.3 Å². The number of fused-ring (bicyclic) bond motifs is 1. The van der Waals surface area contributed by atoms with Crippen LogP contribution in [0.5, 0.6) is 0 Å². The Balaban J connectivity index is 1.47. The van der Waals surface area contributed by atoms with Crippen LogP contribution in [0.1, 0.15) is 12.0 Å². The first-order valence-electron chi connectivity index (χ1n) is 7.06. The molecule has 1 aromatic rings. The van der Waals surface area contributed by atoms with E-state index in [1.54, 1.807) is 0 Å². The summed E-state index contributed by atoms with van der Waals surface area (Å²) in [6.07, 6.45) is 2.47. The van der Waals surface area contributed by atoms with Crippen LogP contribution in [0.4, 0.5) is 5.69 Å². The fourth-order valence-corrected chi connectivity index (χ4v) is 2.95. The summed E-state index contributed by atoms with van der Waals surface area (Å²) in [4.78, 5) is 5.06. The van der Waals surface area contributed by atoms with Gasteiger partial charge in [0.2, 0.25) is 0 Å². The van der Waals surface area contributed by atoms with Gasteiger partial charge in [0.1, 0.15) is 0 Å². The molecule has 0 N–H and O–H groups in total. The van der Waals surface area contributed by atoms with Gasteiger partial charge in [0.05, 0.1) is 13.2 Å². The zero-order valence-electron chi connectivity index (χ0n) is 11.0. The third-order valence-corrected chi connectivity index (χ3v) is 3.99. The SMILES string of the molecule is c1ccc2c(c1)CCN2CCCN1CCOCC1. The molecule has 2 heterocycles. The van der Waals surface area contributed by atoms with Crippen molar-refractivity contribution in [1.29, 1.82) is 0 Å². The normalized spacial score (nSPS) is 20.1. The van der Waals surface area contributed by atoms with Gasteiger partial charge < -0.3 is 9.64 Å². The molecule has 0 atom stereocenters. The van der Waals surface area contributed by atoms with Gasteiger partial charge in [-0.3, -0.25) is 4.90 Å². The van der Waals surface area contributed by atoms with Crippen molar-refractivity contribution in [2.75, 3.05) is 50.8 Å². The molecule has 0 spiro atoms. The van der Waals surface area contributed by atoms with Crippen LogP contribution in [0.2, 0.25) is 0 Å². The number of nitrogens with zero attached hydrogens (tertiary/aromatic N) is 2. The predicted octanol–water partition coefficient (Wildman–Crippen LogP) is 1.77. The van der Waals surface area contributed by atoms with Crippen LogP contribution in [0.25, 0.3) is 0 Å². The Bertz CT molecular complexity index is 388. The van der Waals surface area contributed by atoms with Crippen molar-refractivity contribution in [3.8, 4) is 0 Å². The molecule has 0 aromatic heterocycles. The van der Waals surface area contributed by atoms with Gasteiger partial charge in [-0.2, -0.15) is 0 Å². The number of para-hydroxylation sites is 1. The molecular weight excluding hydrogens is 224 g/mol. The maximum atomic E-state index is 5.37. The summed E-state index contributed by atoms with van der Waals surface area (Å²) in [7, 11) is 0. The Morgan fingerprint density at radius 3 is 2.72 bits per heavy atom. The summed E-state index contributed by atoms with van der Waals surface area (Å²) in [6.45, 7) is 7.63. The fraction of sp³-hybridized carbons (Fsp3) is 0.600. The molecule has 1 fully saturated rings. The molecule has 98 valence electrons. The predicted molar refractivity (Wildman–Crippen MR) is 74.2 cm³/mol. The Morgan fingerprint density at radius 2 is 1.83 bits per heavy atom. The molecule has 0 amide bonds. The second kappa shape index (κ2) is 5.72. The van der Waals surface area contributed by atoms with E-state index in [9.17, 15) is 0 Å². The fourth-order valence-electron chi connectivity index (χ4n) is 2.95. The summed E-state index contributed by atoms with van der Waals surface area (Å²) in [5.41, 5.74) is 2.98. The third kappa shape index (κ3) is 2.68. The first kappa shape index (κ1) is 12.0. The summed E-state index contributed by atoms with van der Waals surface area (Å²) in [5, 5.41) is 0. The average molecular weight is 246 g/mol.